The average molecular weight is 362 g/mol. The van der Waals surface area contributed by atoms with Gasteiger partial charge in [-0.25, -0.2) is 4.98 Å². The number of nitrogens with one attached hydrogen (secondary N) is 2. The molecule has 0 bridgehead atoms. The second-order valence-electron chi connectivity index (χ2n) is 7.06. The summed E-state index contributed by atoms with van der Waals surface area (Å²) in [7, 11) is 0. The van der Waals surface area contributed by atoms with Gasteiger partial charge in [0.2, 0.25) is 0 Å². The smallest absolute Gasteiger partial charge is 0.253 e. The number of carbonyl (C=O) groups excluding carboxylic acids is 1. The van der Waals surface area contributed by atoms with Crippen LogP contribution in [0.5, 0.6) is 0 Å². The number of amides is 1. The van der Waals surface area contributed by atoms with Crippen LogP contribution in [0.4, 0.5) is 5.82 Å². The number of aromatic nitrogens is 2. The first-order chi connectivity index (χ1) is 12.8. The number of nitrogen functional groups attached to an aromatic ring is 1. The van der Waals surface area contributed by atoms with Crippen molar-refractivity contribution >= 4 is 11.7 Å². The molecule has 1 unspecified atom stereocenters. The van der Waals surface area contributed by atoms with Gasteiger partial charge in [-0.3, -0.25) is 4.79 Å². The van der Waals surface area contributed by atoms with Crippen molar-refractivity contribution in [3.8, 4) is 0 Å². The summed E-state index contributed by atoms with van der Waals surface area (Å²) in [4.78, 5) is 20.5. The highest BCUT2D eigenvalue weighted by molar-refractivity contribution is 5.95. The van der Waals surface area contributed by atoms with Gasteiger partial charge in [0.1, 0.15) is 5.82 Å². The number of aromatic amines is 1. The number of nitrogens with zero attached hydrogens (tertiary/aromatic N) is 1. The Balaban J connectivity index is 1.93. The Morgan fingerprint density at radius 2 is 1.85 bits per heavy atom. The van der Waals surface area contributed by atoms with Gasteiger partial charge < -0.3 is 16.0 Å². The fourth-order valence-corrected chi connectivity index (χ4v) is 3.53. The topological polar surface area (TPSA) is 83.8 Å². The largest absolute Gasteiger partial charge is 0.384 e. The van der Waals surface area contributed by atoms with Gasteiger partial charge >= 0.3 is 0 Å². The fourth-order valence-electron chi connectivity index (χ4n) is 3.53. The maximum atomic E-state index is 12.9. The number of hydrogen-bond donors (Lipinski definition) is 3. The van der Waals surface area contributed by atoms with Crippen molar-refractivity contribution in [1.82, 2.24) is 15.3 Å². The first-order valence-electron chi connectivity index (χ1n) is 9.09. The van der Waals surface area contributed by atoms with Gasteiger partial charge in [0.15, 0.2) is 0 Å². The number of anilines is 1. The lowest BCUT2D eigenvalue weighted by Gasteiger charge is -2.21. The van der Waals surface area contributed by atoms with Crippen LogP contribution < -0.4 is 11.1 Å². The standard InChI is InChI=1S/C22H26N4O/c1-13-10-21(23)25-15(3)18(13)12-20(17-8-6-5-7-9-17)26-22(27)19-11-14(2)24-16(19)4/h5-11,20,24H,12H2,1-4H3,(H2,23,25)(H,26,27). The predicted molar refractivity (Wildman–Crippen MR) is 109 cm³/mol. The maximum Gasteiger partial charge on any atom is 0.253 e. The number of benzene rings is 1. The van der Waals surface area contributed by atoms with Crippen molar-refractivity contribution < 1.29 is 4.79 Å². The molecule has 0 saturated carbocycles. The maximum absolute atomic E-state index is 12.9. The molecule has 3 aromatic rings. The fraction of sp³-hybridized carbons (Fsp3) is 0.273. The summed E-state index contributed by atoms with van der Waals surface area (Å²) < 4.78 is 0. The number of hydrogen-bond acceptors (Lipinski definition) is 3. The summed E-state index contributed by atoms with van der Waals surface area (Å²) in [6.45, 7) is 7.86. The lowest BCUT2D eigenvalue weighted by molar-refractivity contribution is 0.0936. The second kappa shape index (κ2) is 7.66. The number of carbonyl (C=O) groups is 1. The van der Waals surface area contributed by atoms with Crippen LogP contribution in [0, 0.1) is 27.7 Å². The van der Waals surface area contributed by atoms with Crippen molar-refractivity contribution in [2.24, 2.45) is 0 Å². The molecule has 1 atom stereocenters. The number of aryl methyl sites for hydroxylation is 4. The van der Waals surface area contributed by atoms with Gasteiger partial charge in [0, 0.05) is 17.1 Å². The first kappa shape index (κ1) is 18.7. The molecule has 5 heteroatoms. The average Bonchev–Trinajstić information content (AvgIpc) is 2.96. The summed E-state index contributed by atoms with van der Waals surface area (Å²) in [6.07, 6.45) is 0.656. The van der Waals surface area contributed by atoms with Crippen LogP contribution >= 0.6 is 0 Å². The SMILES string of the molecule is Cc1cc(C(=O)NC(Cc2c(C)cc(N)nc2C)c2ccccc2)c(C)[nH]1. The summed E-state index contributed by atoms with van der Waals surface area (Å²) in [6, 6.07) is 13.6. The van der Waals surface area contributed by atoms with E-state index in [1.807, 2.05) is 70.2 Å². The minimum Gasteiger partial charge on any atom is -0.384 e. The van der Waals surface area contributed by atoms with Crippen LogP contribution in [0.3, 0.4) is 0 Å². The highest BCUT2D eigenvalue weighted by atomic mass is 16.1. The lowest BCUT2D eigenvalue weighted by atomic mass is 9.95. The van der Waals surface area contributed by atoms with Crippen LogP contribution in [0.25, 0.3) is 0 Å². The molecule has 5 nitrogen and oxygen atoms in total. The van der Waals surface area contributed by atoms with Crippen LogP contribution in [0.15, 0.2) is 42.5 Å². The van der Waals surface area contributed by atoms with Gasteiger partial charge in [0.05, 0.1) is 11.6 Å². The Labute approximate surface area is 160 Å². The minimum atomic E-state index is -0.156. The molecule has 27 heavy (non-hydrogen) atoms. The van der Waals surface area contributed by atoms with E-state index in [9.17, 15) is 4.79 Å². The zero-order chi connectivity index (χ0) is 19.6. The molecule has 0 spiro atoms. The van der Waals surface area contributed by atoms with Crippen LogP contribution in [-0.4, -0.2) is 15.9 Å². The molecular formula is C22H26N4O. The van der Waals surface area contributed by atoms with Crippen molar-refractivity contribution in [1.29, 1.82) is 0 Å². The van der Waals surface area contributed by atoms with Crippen molar-refractivity contribution in [3.63, 3.8) is 0 Å². The molecule has 0 aliphatic carbocycles. The number of rotatable bonds is 5. The molecule has 0 aliphatic heterocycles. The molecule has 3 rings (SSSR count). The van der Waals surface area contributed by atoms with E-state index in [4.69, 9.17) is 5.73 Å². The normalized spacial score (nSPS) is 12.0. The van der Waals surface area contributed by atoms with Gasteiger partial charge in [-0.1, -0.05) is 30.3 Å². The summed E-state index contributed by atoms with van der Waals surface area (Å²) in [5.41, 5.74) is 12.5. The van der Waals surface area contributed by atoms with E-state index in [-0.39, 0.29) is 11.9 Å². The minimum absolute atomic E-state index is 0.0792. The zero-order valence-electron chi connectivity index (χ0n) is 16.3. The van der Waals surface area contributed by atoms with E-state index >= 15 is 0 Å². The highest BCUT2D eigenvalue weighted by Gasteiger charge is 2.20. The van der Waals surface area contributed by atoms with E-state index < -0.39 is 0 Å². The molecular weight excluding hydrogens is 336 g/mol. The van der Waals surface area contributed by atoms with E-state index in [1.165, 1.54) is 0 Å². The lowest BCUT2D eigenvalue weighted by Crippen LogP contribution is -2.30. The summed E-state index contributed by atoms with van der Waals surface area (Å²) in [5, 5.41) is 3.20. The quantitative estimate of drug-likeness (QED) is 0.643. The third-order valence-electron chi connectivity index (χ3n) is 4.88. The molecule has 0 aliphatic rings. The van der Waals surface area contributed by atoms with Crippen molar-refractivity contribution in [3.05, 3.63) is 81.8 Å². The number of nitrogens with two attached hydrogens (primary N) is 1. The molecule has 0 fully saturated rings. The molecule has 140 valence electrons. The van der Waals surface area contributed by atoms with Crippen molar-refractivity contribution in [2.75, 3.05) is 5.73 Å². The number of pyridine rings is 1. The molecule has 4 N–H and O–H groups in total. The zero-order valence-corrected chi connectivity index (χ0v) is 16.3. The summed E-state index contributed by atoms with van der Waals surface area (Å²) in [5.74, 6) is 0.442. The van der Waals surface area contributed by atoms with Gasteiger partial charge in [-0.15, -0.1) is 0 Å². The number of H-pyrrole nitrogens is 1. The molecule has 1 aromatic carbocycles. The Morgan fingerprint density at radius 1 is 1.15 bits per heavy atom. The third-order valence-corrected chi connectivity index (χ3v) is 4.88. The Hall–Kier alpha value is -3.08. The predicted octanol–water partition coefficient (Wildman–Crippen LogP) is 3.94. The van der Waals surface area contributed by atoms with Crippen molar-refractivity contribution in [2.45, 2.75) is 40.2 Å². The molecule has 2 aromatic heterocycles. The Morgan fingerprint density at radius 3 is 2.44 bits per heavy atom. The van der Waals surface area contributed by atoms with Gasteiger partial charge in [-0.2, -0.15) is 0 Å². The van der Waals surface area contributed by atoms with Gasteiger partial charge in [-0.05, 0) is 62.9 Å². The molecule has 1 amide bonds. The highest BCUT2D eigenvalue weighted by Crippen LogP contribution is 2.24. The molecule has 0 radical (unpaired) electrons. The molecule has 0 saturated heterocycles. The Bertz CT molecular complexity index is 937. The molecule has 2 heterocycles. The summed E-state index contributed by atoms with van der Waals surface area (Å²) >= 11 is 0. The van der Waals surface area contributed by atoms with Crippen LogP contribution in [0.2, 0.25) is 0 Å². The van der Waals surface area contributed by atoms with Gasteiger partial charge in [0.25, 0.3) is 5.91 Å². The van der Waals surface area contributed by atoms with E-state index in [1.54, 1.807) is 0 Å². The Kier molecular flexibility index (Phi) is 5.31. The van der Waals surface area contributed by atoms with Crippen LogP contribution in [0.1, 0.15) is 50.2 Å². The van der Waals surface area contributed by atoms with E-state index in [0.29, 0.717) is 17.8 Å². The van der Waals surface area contributed by atoms with Crippen LogP contribution in [-0.2, 0) is 6.42 Å². The van der Waals surface area contributed by atoms with E-state index in [0.717, 1.165) is 33.8 Å². The monoisotopic (exact) mass is 362 g/mol. The first-order valence-corrected chi connectivity index (χ1v) is 9.09. The third kappa shape index (κ3) is 4.19. The second-order valence-corrected chi connectivity index (χ2v) is 7.06. The van der Waals surface area contributed by atoms with E-state index in [2.05, 4.69) is 15.3 Å².